The second-order valence-corrected chi connectivity index (χ2v) is 5.37. The van der Waals surface area contributed by atoms with Gasteiger partial charge in [-0.15, -0.1) is 0 Å². The largest absolute Gasteiger partial charge is 0.312 e. The molecule has 0 heterocycles. The molecule has 1 rings (SSSR count). The van der Waals surface area contributed by atoms with Gasteiger partial charge in [0.2, 0.25) is 0 Å². The van der Waals surface area contributed by atoms with Crippen LogP contribution in [0.15, 0.2) is 24.3 Å². The molecule has 0 fully saturated rings. The molecule has 0 atom stereocenters. The van der Waals surface area contributed by atoms with E-state index in [1.807, 2.05) is 6.07 Å². The van der Waals surface area contributed by atoms with Crippen LogP contribution in [0.3, 0.4) is 0 Å². The average molecular weight is 236 g/mol. The number of benzene rings is 1. The Morgan fingerprint density at radius 3 is 2.53 bits per heavy atom. The van der Waals surface area contributed by atoms with E-state index in [9.17, 15) is 10.1 Å². The molecule has 1 N–H and O–H groups in total. The quantitative estimate of drug-likeness (QED) is 0.485. The smallest absolute Gasteiger partial charge is 0.273 e. The maximum absolute atomic E-state index is 10.8. The molecule has 0 aromatic heterocycles. The Balaban J connectivity index is 2.49. The van der Waals surface area contributed by atoms with E-state index in [0.29, 0.717) is 6.54 Å². The van der Waals surface area contributed by atoms with Crippen molar-refractivity contribution in [2.45, 2.75) is 33.7 Å². The van der Waals surface area contributed by atoms with Gasteiger partial charge in [0, 0.05) is 18.2 Å². The van der Waals surface area contributed by atoms with Crippen LogP contribution >= 0.6 is 0 Å². The van der Waals surface area contributed by atoms with Gasteiger partial charge in [-0.1, -0.05) is 39.0 Å². The Morgan fingerprint density at radius 1 is 1.29 bits per heavy atom. The van der Waals surface area contributed by atoms with Crippen LogP contribution in [0, 0.1) is 15.5 Å². The van der Waals surface area contributed by atoms with E-state index in [2.05, 4.69) is 26.1 Å². The molecular weight excluding hydrogens is 216 g/mol. The zero-order chi connectivity index (χ0) is 12.9. The number of nitro benzene ring substituents is 1. The molecule has 0 saturated carbocycles. The van der Waals surface area contributed by atoms with Crippen LogP contribution in [0.4, 0.5) is 5.69 Å². The third kappa shape index (κ3) is 4.95. The van der Waals surface area contributed by atoms with Crippen LogP contribution in [-0.2, 0) is 6.54 Å². The van der Waals surface area contributed by atoms with Gasteiger partial charge in [0.05, 0.1) is 4.92 Å². The van der Waals surface area contributed by atoms with Crippen LogP contribution in [0.2, 0.25) is 0 Å². The summed E-state index contributed by atoms with van der Waals surface area (Å²) in [5.74, 6) is 0. The minimum atomic E-state index is -0.333. The first-order valence-electron chi connectivity index (χ1n) is 5.83. The highest BCUT2D eigenvalue weighted by molar-refractivity contribution is 5.39. The SMILES string of the molecule is CC(C)(C)CCNCc1ccccc1[N+](=O)[O-]. The number of hydrogen-bond donors (Lipinski definition) is 1. The molecule has 0 saturated heterocycles. The van der Waals surface area contributed by atoms with Gasteiger partial charge in [-0.3, -0.25) is 10.1 Å². The van der Waals surface area contributed by atoms with Crippen molar-refractivity contribution in [3.63, 3.8) is 0 Å². The van der Waals surface area contributed by atoms with Crippen molar-refractivity contribution in [2.24, 2.45) is 5.41 Å². The van der Waals surface area contributed by atoms with Gasteiger partial charge in [0.25, 0.3) is 5.69 Å². The van der Waals surface area contributed by atoms with Gasteiger partial charge in [-0.05, 0) is 18.4 Å². The molecule has 94 valence electrons. The molecule has 17 heavy (non-hydrogen) atoms. The number of nitrogens with one attached hydrogen (secondary N) is 1. The lowest BCUT2D eigenvalue weighted by Gasteiger charge is -2.18. The summed E-state index contributed by atoms with van der Waals surface area (Å²) in [6, 6.07) is 6.85. The summed E-state index contributed by atoms with van der Waals surface area (Å²) in [5, 5.41) is 14.0. The number of nitrogens with zero attached hydrogens (tertiary/aromatic N) is 1. The third-order valence-electron chi connectivity index (χ3n) is 2.56. The fraction of sp³-hybridized carbons (Fsp3) is 0.538. The van der Waals surface area contributed by atoms with Crippen molar-refractivity contribution in [1.82, 2.24) is 5.32 Å². The van der Waals surface area contributed by atoms with Crippen molar-refractivity contribution in [3.8, 4) is 0 Å². The summed E-state index contributed by atoms with van der Waals surface area (Å²) in [5.41, 5.74) is 1.22. The number of para-hydroxylation sites is 1. The Morgan fingerprint density at radius 2 is 1.94 bits per heavy atom. The predicted molar refractivity (Wildman–Crippen MR) is 68.9 cm³/mol. The molecule has 0 aliphatic heterocycles. The minimum Gasteiger partial charge on any atom is -0.312 e. The van der Waals surface area contributed by atoms with Crippen LogP contribution in [0.25, 0.3) is 0 Å². The third-order valence-corrected chi connectivity index (χ3v) is 2.56. The first kappa shape index (κ1) is 13.6. The van der Waals surface area contributed by atoms with Gasteiger partial charge in [-0.2, -0.15) is 0 Å². The highest BCUT2D eigenvalue weighted by Crippen LogP contribution is 2.19. The van der Waals surface area contributed by atoms with Crippen molar-refractivity contribution in [1.29, 1.82) is 0 Å². The van der Waals surface area contributed by atoms with Crippen LogP contribution in [-0.4, -0.2) is 11.5 Å². The summed E-state index contributed by atoms with van der Waals surface area (Å²) >= 11 is 0. The summed E-state index contributed by atoms with van der Waals surface area (Å²) in [4.78, 5) is 10.5. The monoisotopic (exact) mass is 236 g/mol. The van der Waals surface area contributed by atoms with E-state index in [1.165, 1.54) is 0 Å². The highest BCUT2D eigenvalue weighted by Gasteiger charge is 2.12. The number of rotatable bonds is 5. The van der Waals surface area contributed by atoms with Crippen molar-refractivity contribution in [2.75, 3.05) is 6.54 Å². The normalized spacial score (nSPS) is 11.5. The molecule has 1 aromatic carbocycles. The Labute approximate surface area is 102 Å². The summed E-state index contributed by atoms with van der Waals surface area (Å²) in [7, 11) is 0. The first-order chi connectivity index (χ1) is 7.90. The molecule has 0 spiro atoms. The maximum Gasteiger partial charge on any atom is 0.273 e. The molecule has 4 nitrogen and oxygen atoms in total. The van der Waals surface area contributed by atoms with Crippen LogP contribution in [0.1, 0.15) is 32.8 Å². The van der Waals surface area contributed by atoms with Gasteiger partial charge < -0.3 is 5.32 Å². The van der Waals surface area contributed by atoms with Crippen molar-refractivity contribution in [3.05, 3.63) is 39.9 Å². The highest BCUT2D eigenvalue weighted by atomic mass is 16.6. The molecule has 0 unspecified atom stereocenters. The average Bonchev–Trinajstić information content (AvgIpc) is 2.23. The lowest BCUT2D eigenvalue weighted by atomic mass is 9.92. The summed E-state index contributed by atoms with van der Waals surface area (Å²) < 4.78 is 0. The predicted octanol–water partition coefficient (Wildman–Crippen LogP) is 3.12. The summed E-state index contributed by atoms with van der Waals surface area (Å²) in [6.45, 7) is 7.96. The van der Waals surface area contributed by atoms with E-state index in [1.54, 1.807) is 18.2 Å². The molecule has 0 radical (unpaired) electrons. The van der Waals surface area contributed by atoms with Gasteiger partial charge in [0.15, 0.2) is 0 Å². The van der Waals surface area contributed by atoms with Crippen molar-refractivity contribution >= 4 is 5.69 Å². The van der Waals surface area contributed by atoms with E-state index < -0.39 is 0 Å². The molecular formula is C13H20N2O2. The second-order valence-electron chi connectivity index (χ2n) is 5.37. The Kier molecular flexibility index (Phi) is 4.63. The van der Waals surface area contributed by atoms with E-state index in [0.717, 1.165) is 18.5 Å². The first-order valence-corrected chi connectivity index (χ1v) is 5.83. The number of nitro groups is 1. The molecule has 0 bridgehead atoms. The number of hydrogen-bond acceptors (Lipinski definition) is 3. The van der Waals surface area contributed by atoms with Crippen LogP contribution < -0.4 is 5.32 Å². The van der Waals surface area contributed by atoms with E-state index in [-0.39, 0.29) is 16.0 Å². The zero-order valence-electron chi connectivity index (χ0n) is 10.7. The van der Waals surface area contributed by atoms with E-state index in [4.69, 9.17) is 0 Å². The minimum absolute atomic E-state index is 0.191. The Bertz CT molecular complexity index is 383. The summed E-state index contributed by atoms with van der Waals surface area (Å²) in [6.07, 6.45) is 1.05. The van der Waals surface area contributed by atoms with Crippen LogP contribution in [0.5, 0.6) is 0 Å². The lowest BCUT2D eigenvalue weighted by Crippen LogP contribution is -2.20. The Hall–Kier alpha value is -1.42. The van der Waals surface area contributed by atoms with Gasteiger partial charge in [0.1, 0.15) is 0 Å². The van der Waals surface area contributed by atoms with Gasteiger partial charge >= 0.3 is 0 Å². The fourth-order valence-corrected chi connectivity index (χ4v) is 1.52. The fourth-order valence-electron chi connectivity index (χ4n) is 1.52. The molecule has 0 aliphatic carbocycles. The van der Waals surface area contributed by atoms with E-state index >= 15 is 0 Å². The topological polar surface area (TPSA) is 55.2 Å². The second kappa shape index (κ2) is 5.77. The maximum atomic E-state index is 10.8. The van der Waals surface area contributed by atoms with Gasteiger partial charge in [-0.25, -0.2) is 0 Å². The zero-order valence-corrected chi connectivity index (χ0v) is 10.7. The molecule has 4 heteroatoms. The molecule has 1 aromatic rings. The molecule has 0 amide bonds. The van der Waals surface area contributed by atoms with Crippen molar-refractivity contribution < 1.29 is 4.92 Å². The molecule has 0 aliphatic rings. The standard InChI is InChI=1S/C13H20N2O2/c1-13(2,3)8-9-14-10-11-6-4-5-7-12(11)15(16)17/h4-7,14H,8-10H2,1-3H3. The lowest BCUT2D eigenvalue weighted by molar-refractivity contribution is -0.385.